The predicted octanol–water partition coefficient (Wildman–Crippen LogP) is 2.80. The van der Waals surface area contributed by atoms with Crippen molar-refractivity contribution < 1.29 is 5.11 Å². The second-order valence-corrected chi connectivity index (χ2v) is 7.84. The highest BCUT2D eigenvalue weighted by atomic mass is 32.1. The molecule has 2 N–H and O–H groups in total. The molecule has 3 aromatic rings. The second kappa shape index (κ2) is 7.58. The predicted molar refractivity (Wildman–Crippen MR) is 107 cm³/mol. The molecule has 0 amide bonds. The molecule has 1 saturated heterocycles. The van der Waals surface area contributed by atoms with E-state index in [2.05, 4.69) is 43.6 Å². The summed E-state index contributed by atoms with van der Waals surface area (Å²) in [6.07, 6.45) is 3.43. The zero-order chi connectivity index (χ0) is 18.8. The van der Waals surface area contributed by atoms with Gasteiger partial charge < -0.3 is 15.3 Å². The average Bonchev–Trinajstić information content (AvgIpc) is 3.23. The highest BCUT2D eigenvalue weighted by Gasteiger charge is 2.23. The van der Waals surface area contributed by atoms with Gasteiger partial charge in [-0.05, 0) is 41.2 Å². The van der Waals surface area contributed by atoms with Gasteiger partial charge in [0.25, 0.3) is 0 Å². The van der Waals surface area contributed by atoms with E-state index in [0.29, 0.717) is 29.2 Å². The Balaban J connectivity index is 1.54. The topological polar surface area (TPSA) is 87.1 Å². The number of phenols is 1. The van der Waals surface area contributed by atoms with Crippen LogP contribution in [0.1, 0.15) is 13.8 Å². The van der Waals surface area contributed by atoms with Gasteiger partial charge in [0.05, 0.1) is 11.1 Å². The Morgan fingerprint density at radius 1 is 1.26 bits per heavy atom. The van der Waals surface area contributed by atoms with Crippen LogP contribution in [0.5, 0.6) is 5.75 Å². The first-order valence-electron chi connectivity index (χ1n) is 9.04. The number of nitrogens with one attached hydrogen (secondary N) is 1. The van der Waals surface area contributed by atoms with Gasteiger partial charge in [0.2, 0.25) is 5.95 Å². The molecule has 2 aromatic heterocycles. The SMILES string of the molecule is CC(C)[C@H]1CN(c2ncc(-c3ccc(-c4ccns4)cc3O)nn2)CCN1. The fourth-order valence-corrected chi connectivity index (χ4v) is 3.80. The number of nitrogens with zero attached hydrogens (tertiary/aromatic N) is 5. The maximum absolute atomic E-state index is 10.4. The van der Waals surface area contributed by atoms with Gasteiger partial charge in [0, 0.05) is 37.4 Å². The van der Waals surface area contributed by atoms with Gasteiger partial charge in [-0.1, -0.05) is 19.9 Å². The van der Waals surface area contributed by atoms with Crippen molar-refractivity contribution in [3.63, 3.8) is 0 Å². The Bertz CT molecular complexity index is 897. The normalized spacial score (nSPS) is 17.4. The molecule has 1 aliphatic heterocycles. The Labute approximate surface area is 162 Å². The minimum atomic E-state index is 0.159. The van der Waals surface area contributed by atoms with Gasteiger partial charge in [-0.15, -0.1) is 10.2 Å². The lowest BCUT2D eigenvalue weighted by Crippen LogP contribution is -2.53. The molecule has 1 fully saturated rings. The van der Waals surface area contributed by atoms with Crippen molar-refractivity contribution in [3.05, 3.63) is 36.7 Å². The number of rotatable bonds is 4. The van der Waals surface area contributed by atoms with Crippen LogP contribution in [0.15, 0.2) is 36.7 Å². The molecule has 3 heterocycles. The minimum absolute atomic E-state index is 0.159. The third kappa shape index (κ3) is 3.77. The van der Waals surface area contributed by atoms with E-state index in [4.69, 9.17) is 0 Å². The first-order chi connectivity index (χ1) is 13.1. The molecule has 0 radical (unpaired) electrons. The maximum atomic E-state index is 10.4. The Morgan fingerprint density at radius 3 is 2.81 bits per heavy atom. The van der Waals surface area contributed by atoms with Crippen LogP contribution in [0, 0.1) is 5.92 Å². The summed E-state index contributed by atoms with van der Waals surface area (Å²) >= 11 is 1.39. The van der Waals surface area contributed by atoms with E-state index in [9.17, 15) is 5.11 Å². The summed E-state index contributed by atoms with van der Waals surface area (Å²) in [7, 11) is 0. The molecule has 0 bridgehead atoms. The Kier molecular flexibility index (Phi) is 5.00. The third-order valence-electron chi connectivity index (χ3n) is 4.84. The Hall–Kier alpha value is -2.58. The lowest BCUT2D eigenvalue weighted by Gasteiger charge is -2.35. The van der Waals surface area contributed by atoms with Gasteiger partial charge in [-0.25, -0.2) is 9.36 Å². The largest absolute Gasteiger partial charge is 0.507 e. The summed E-state index contributed by atoms with van der Waals surface area (Å²) in [4.78, 5) is 7.66. The van der Waals surface area contributed by atoms with Crippen molar-refractivity contribution in [3.8, 4) is 27.4 Å². The number of anilines is 1. The van der Waals surface area contributed by atoms with Gasteiger partial charge in [0.1, 0.15) is 11.4 Å². The summed E-state index contributed by atoms with van der Waals surface area (Å²) in [5, 5.41) is 22.6. The zero-order valence-electron chi connectivity index (χ0n) is 15.3. The summed E-state index contributed by atoms with van der Waals surface area (Å²) in [6, 6.07) is 7.86. The molecule has 0 spiro atoms. The molecule has 140 valence electrons. The molecule has 7 nitrogen and oxygen atoms in total. The summed E-state index contributed by atoms with van der Waals surface area (Å²) in [6.45, 7) is 7.06. The van der Waals surface area contributed by atoms with E-state index < -0.39 is 0 Å². The van der Waals surface area contributed by atoms with E-state index in [-0.39, 0.29) is 5.75 Å². The monoisotopic (exact) mass is 382 g/mol. The summed E-state index contributed by atoms with van der Waals surface area (Å²) in [5.41, 5.74) is 2.11. The summed E-state index contributed by atoms with van der Waals surface area (Å²) in [5.74, 6) is 1.34. The number of hydrogen-bond donors (Lipinski definition) is 2. The number of aromatic hydroxyl groups is 1. The number of benzene rings is 1. The minimum Gasteiger partial charge on any atom is -0.507 e. The van der Waals surface area contributed by atoms with Crippen molar-refractivity contribution in [1.82, 2.24) is 24.9 Å². The van der Waals surface area contributed by atoms with Crippen LogP contribution in [0.4, 0.5) is 5.95 Å². The molecule has 1 atom stereocenters. The first kappa shape index (κ1) is 17.8. The van der Waals surface area contributed by atoms with Crippen molar-refractivity contribution in [2.75, 3.05) is 24.5 Å². The molecule has 0 aliphatic carbocycles. The molecule has 0 saturated carbocycles. The van der Waals surface area contributed by atoms with Crippen LogP contribution in [0.25, 0.3) is 21.7 Å². The van der Waals surface area contributed by atoms with Crippen LogP contribution in [-0.4, -0.2) is 50.3 Å². The van der Waals surface area contributed by atoms with E-state index in [1.54, 1.807) is 18.5 Å². The summed E-state index contributed by atoms with van der Waals surface area (Å²) < 4.78 is 4.10. The molecular formula is C19H22N6OS. The van der Waals surface area contributed by atoms with Crippen LogP contribution >= 0.6 is 11.5 Å². The van der Waals surface area contributed by atoms with Crippen molar-refractivity contribution in [2.45, 2.75) is 19.9 Å². The third-order valence-corrected chi connectivity index (χ3v) is 5.63. The first-order valence-corrected chi connectivity index (χ1v) is 9.81. The lowest BCUT2D eigenvalue weighted by atomic mass is 10.0. The van der Waals surface area contributed by atoms with Crippen molar-refractivity contribution in [2.24, 2.45) is 5.92 Å². The number of hydrogen-bond acceptors (Lipinski definition) is 8. The van der Waals surface area contributed by atoms with Gasteiger partial charge in [-0.3, -0.25) is 0 Å². The highest BCUT2D eigenvalue weighted by molar-refractivity contribution is 7.09. The van der Waals surface area contributed by atoms with Crippen LogP contribution in [-0.2, 0) is 0 Å². The molecule has 27 heavy (non-hydrogen) atoms. The van der Waals surface area contributed by atoms with E-state index in [1.807, 2.05) is 18.2 Å². The fraction of sp³-hybridized carbons (Fsp3) is 0.368. The van der Waals surface area contributed by atoms with Crippen LogP contribution in [0.3, 0.4) is 0 Å². The zero-order valence-corrected chi connectivity index (χ0v) is 16.1. The number of aromatic nitrogens is 4. The molecule has 1 aliphatic rings. The van der Waals surface area contributed by atoms with E-state index >= 15 is 0 Å². The molecule has 4 rings (SSSR count). The van der Waals surface area contributed by atoms with Crippen molar-refractivity contribution in [1.29, 1.82) is 0 Å². The standard InChI is InChI=1S/C19H22N6OS/c1-12(2)16-11-25(8-7-20-16)19-21-10-15(23-24-19)14-4-3-13(9-17(14)26)18-5-6-22-27-18/h3-6,9-10,12,16,20,26H,7-8,11H2,1-2H3/t16-/m1/s1. The highest BCUT2D eigenvalue weighted by Crippen LogP contribution is 2.33. The van der Waals surface area contributed by atoms with E-state index in [1.165, 1.54) is 11.5 Å². The van der Waals surface area contributed by atoms with Gasteiger partial charge in [0.15, 0.2) is 0 Å². The fourth-order valence-electron chi connectivity index (χ4n) is 3.21. The lowest BCUT2D eigenvalue weighted by molar-refractivity contribution is 0.365. The quantitative estimate of drug-likeness (QED) is 0.717. The molecule has 1 aromatic carbocycles. The number of piperazine rings is 1. The van der Waals surface area contributed by atoms with Gasteiger partial charge >= 0.3 is 0 Å². The Morgan fingerprint density at radius 2 is 2.15 bits per heavy atom. The van der Waals surface area contributed by atoms with Crippen LogP contribution in [0.2, 0.25) is 0 Å². The smallest absolute Gasteiger partial charge is 0.245 e. The number of phenolic OH excluding ortho intramolecular Hbond substituents is 1. The van der Waals surface area contributed by atoms with Crippen molar-refractivity contribution >= 4 is 17.5 Å². The maximum Gasteiger partial charge on any atom is 0.245 e. The van der Waals surface area contributed by atoms with Gasteiger partial charge in [-0.2, -0.15) is 0 Å². The second-order valence-electron chi connectivity index (χ2n) is 7.00. The van der Waals surface area contributed by atoms with E-state index in [0.717, 1.165) is 30.1 Å². The molecule has 8 heteroatoms. The molecule has 0 unspecified atom stereocenters. The average molecular weight is 382 g/mol. The van der Waals surface area contributed by atoms with Crippen LogP contribution < -0.4 is 10.2 Å². The molecular weight excluding hydrogens is 360 g/mol.